The molecule has 1 amide bonds. The molecule has 6 nitrogen and oxygen atoms in total. The number of aromatic nitrogens is 2. The fraction of sp³-hybridized carbons (Fsp3) is 0.278. The molecule has 0 bridgehead atoms. The molecular formula is C18H15Cl2N3O3. The van der Waals surface area contributed by atoms with Crippen LogP contribution in [0.1, 0.15) is 29.2 Å². The van der Waals surface area contributed by atoms with Gasteiger partial charge in [0, 0.05) is 35.9 Å². The number of carbonyl (C=O) groups excluding carboxylic acids is 1. The van der Waals surface area contributed by atoms with Crippen LogP contribution in [0.2, 0.25) is 10.2 Å². The summed E-state index contributed by atoms with van der Waals surface area (Å²) in [4.78, 5) is 30.5. The van der Waals surface area contributed by atoms with Crippen molar-refractivity contribution in [2.45, 2.75) is 18.9 Å². The lowest BCUT2D eigenvalue weighted by molar-refractivity contribution is 0.0693. The van der Waals surface area contributed by atoms with Gasteiger partial charge in [-0.25, -0.2) is 9.78 Å². The quantitative estimate of drug-likeness (QED) is 0.623. The van der Waals surface area contributed by atoms with Gasteiger partial charge in [-0.15, -0.1) is 0 Å². The van der Waals surface area contributed by atoms with Crippen molar-refractivity contribution in [2.24, 2.45) is 0 Å². The van der Waals surface area contributed by atoms with Crippen LogP contribution in [0.5, 0.6) is 0 Å². The van der Waals surface area contributed by atoms with E-state index in [1.807, 2.05) is 0 Å². The largest absolute Gasteiger partial charge is 0.420 e. The van der Waals surface area contributed by atoms with Crippen molar-refractivity contribution in [2.75, 3.05) is 13.1 Å². The van der Waals surface area contributed by atoms with E-state index in [0.29, 0.717) is 52.8 Å². The minimum atomic E-state index is -0.395. The molecule has 2 aromatic heterocycles. The third-order valence-electron chi connectivity index (χ3n) is 4.66. The molecule has 1 aliphatic heterocycles. The Morgan fingerprint density at radius 3 is 2.65 bits per heavy atom. The molecule has 0 unspecified atom stereocenters. The first-order chi connectivity index (χ1) is 12.5. The van der Waals surface area contributed by atoms with Crippen LogP contribution in [-0.2, 0) is 0 Å². The second-order valence-corrected chi connectivity index (χ2v) is 7.06. The van der Waals surface area contributed by atoms with Gasteiger partial charge in [0.25, 0.3) is 5.91 Å². The molecule has 1 fully saturated rings. The predicted molar refractivity (Wildman–Crippen MR) is 98.9 cm³/mol. The summed E-state index contributed by atoms with van der Waals surface area (Å²) in [6.45, 7) is 1.09. The lowest BCUT2D eigenvalue weighted by atomic mass is 10.0. The molecule has 134 valence electrons. The number of hydrogen-bond acceptors (Lipinski definition) is 4. The molecule has 8 heteroatoms. The Morgan fingerprint density at radius 2 is 1.92 bits per heavy atom. The summed E-state index contributed by atoms with van der Waals surface area (Å²) in [6.07, 6.45) is 2.83. The third kappa shape index (κ3) is 3.10. The van der Waals surface area contributed by atoms with Crippen molar-refractivity contribution >= 4 is 40.2 Å². The molecule has 26 heavy (non-hydrogen) atoms. The first-order valence-corrected chi connectivity index (χ1v) is 9.00. The van der Waals surface area contributed by atoms with Crippen LogP contribution in [0, 0.1) is 0 Å². The molecule has 1 saturated heterocycles. The summed E-state index contributed by atoms with van der Waals surface area (Å²) in [5.74, 6) is -0.479. The van der Waals surface area contributed by atoms with Gasteiger partial charge in [-0.05, 0) is 43.2 Å². The lowest BCUT2D eigenvalue weighted by Gasteiger charge is -2.32. The highest BCUT2D eigenvalue weighted by Gasteiger charge is 2.27. The number of likely N-dealkylation sites (tertiary alicyclic amines) is 1. The molecular weight excluding hydrogens is 377 g/mol. The van der Waals surface area contributed by atoms with Gasteiger partial charge in [0.15, 0.2) is 5.58 Å². The number of rotatable bonds is 2. The second kappa shape index (κ2) is 6.78. The standard InChI is InChI=1S/C18H15Cl2N3O3/c19-12-1-2-15-14(10-12)23(18(25)26-15)13-4-7-22(8-5-13)17(24)11-3-6-21-16(20)9-11/h1-3,6,9-10,13H,4-5,7-8H2. The first-order valence-electron chi connectivity index (χ1n) is 8.24. The normalized spacial score (nSPS) is 15.5. The molecule has 3 heterocycles. The van der Waals surface area contributed by atoms with E-state index < -0.39 is 5.76 Å². The van der Waals surface area contributed by atoms with E-state index in [0.717, 1.165) is 0 Å². The zero-order chi connectivity index (χ0) is 18.3. The molecule has 0 saturated carbocycles. The molecule has 0 aliphatic carbocycles. The number of fused-ring (bicyclic) bond motifs is 1. The van der Waals surface area contributed by atoms with Gasteiger partial charge >= 0.3 is 5.76 Å². The Labute approximate surface area is 158 Å². The topological polar surface area (TPSA) is 68.3 Å². The van der Waals surface area contributed by atoms with E-state index >= 15 is 0 Å². The van der Waals surface area contributed by atoms with Gasteiger partial charge in [-0.2, -0.15) is 0 Å². The Balaban J connectivity index is 1.54. The monoisotopic (exact) mass is 391 g/mol. The van der Waals surface area contributed by atoms with Gasteiger partial charge < -0.3 is 9.32 Å². The van der Waals surface area contributed by atoms with Crippen LogP contribution < -0.4 is 5.76 Å². The third-order valence-corrected chi connectivity index (χ3v) is 5.11. The van der Waals surface area contributed by atoms with E-state index in [-0.39, 0.29) is 11.9 Å². The van der Waals surface area contributed by atoms with Crippen molar-refractivity contribution in [3.05, 3.63) is 62.8 Å². The van der Waals surface area contributed by atoms with Gasteiger partial charge in [-0.1, -0.05) is 23.2 Å². The SMILES string of the molecule is O=C(c1ccnc(Cl)c1)N1CCC(n2c(=O)oc3ccc(Cl)cc32)CC1. The second-order valence-electron chi connectivity index (χ2n) is 6.24. The van der Waals surface area contributed by atoms with E-state index in [1.54, 1.807) is 39.8 Å². The smallest absolute Gasteiger partial charge is 0.408 e. The Hall–Kier alpha value is -2.31. The van der Waals surface area contributed by atoms with Crippen molar-refractivity contribution < 1.29 is 9.21 Å². The van der Waals surface area contributed by atoms with Crippen LogP contribution in [-0.4, -0.2) is 33.4 Å². The fourth-order valence-corrected chi connectivity index (χ4v) is 3.74. The fourth-order valence-electron chi connectivity index (χ4n) is 3.40. The van der Waals surface area contributed by atoms with E-state index in [4.69, 9.17) is 27.6 Å². The molecule has 0 atom stereocenters. The zero-order valence-electron chi connectivity index (χ0n) is 13.7. The zero-order valence-corrected chi connectivity index (χ0v) is 15.2. The summed E-state index contributed by atoms with van der Waals surface area (Å²) >= 11 is 11.9. The maximum atomic E-state index is 12.6. The number of benzene rings is 1. The predicted octanol–water partition coefficient (Wildman–Crippen LogP) is 3.77. The Morgan fingerprint density at radius 1 is 1.15 bits per heavy atom. The van der Waals surface area contributed by atoms with Crippen LogP contribution in [0.4, 0.5) is 0 Å². The Kier molecular flexibility index (Phi) is 4.46. The number of nitrogens with zero attached hydrogens (tertiary/aromatic N) is 3. The minimum Gasteiger partial charge on any atom is -0.408 e. The molecule has 0 radical (unpaired) electrons. The van der Waals surface area contributed by atoms with Crippen LogP contribution in [0.15, 0.2) is 45.7 Å². The Bertz CT molecular complexity index is 1040. The number of pyridine rings is 1. The van der Waals surface area contributed by atoms with Gasteiger partial charge in [-0.3, -0.25) is 9.36 Å². The highest BCUT2D eigenvalue weighted by Crippen LogP contribution is 2.28. The van der Waals surface area contributed by atoms with Crippen molar-refractivity contribution in [1.29, 1.82) is 0 Å². The first kappa shape index (κ1) is 17.1. The average molecular weight is 392 g/mol. The molecule has 4 rings (SSSR count). The molecule has 3 aromatic rings. The maximum Gasteiger partial charge on any atom is 0.420 e. The number of amides is 1. The number of oxazole rings is 1. The number of piperidine rings is 1. The molecule has 1 aliphatic rings. The summed E-state index contributed by atoms with van der Waals surface area (Å²) in [6, 6.07) is 8.30. The summed E-state index contributed by atoms with van der Waals surface area (Å²) in [5.41, 5.74) is 1.72. The highest BCUT2D eigenvalue weighted by atomic mass is 35.5. The van der Waals surface area contributed by atoms with Crippen LogP contribution in [0.3, 0.4) is 0 Å². The average Bonchev–Trinajstić information content (AvgIpc) is 2.96. The van der Waals surface area contributed by atoms with E-state index in [9.17, 15) is 9.59 Å². The van der Waals surface area contributed by atoms with Gasteiger partial charge in [0.2, 0.25) is 0 Å². The number of carbonyl (C=O) groups is 1. The minimum absolute atomic E-state index is 0.0349. The van der Waals surface area contributed by atoms with Crippen LogP contribution in [0.25, 0.3) is 11.1 Å². The molecule has 1 aromatic carbocycles. The lowest BCUT2D eigenvalue weighted by Crippen LogP contribution is -2.40. The van der Waals surface area contributed by atoms with E-state index in [2.05, 4.69) is 4.98 Å². The number of halogens is 2. The van der Waals surface area contributed by atoms with Crippen LogP contribution >= 0.6 is 23.2 Å². The van der Waals surface area contributed by atoms with Crippen molar-refractivity contribution in [1.82, 2.24) is 14.5 Å². The summed E-state index contributed by atoms with van der Waals surface area (Å²) in [7, 11) is 0. The van der Waals surface area contributed by atoms with Crippen molar-refractivity contribution in [3.8, 4) is 0 Å². The molecule has 0 spiro atoms. The maximum absolute atomic E-state index is 12.6. The summed E-state index contributed by atoms with van der Waals surface area (Å²) < 4.78 is 6.96. The van der Waals surface area contributed by atoms with E-state index in [1.165, 1.54) is 6.20 Å². The van der Waals surface area contributed by atoms with Crippen molar-refractivity contribution in [3.63, 3.8) is 0 Å². The summed E-state index contributed by atoms with van der Waals surface area (Å²) in [5, 5.41) is 0.841. The van der Waals surface area contributed by atoms with Gasteiger partial charge in [0.05, 0.1) is 5.52 Å². The highest BCUT2D eigenvalue weighted by molar-refractivity contribution is 6.31. The number of hydrogen-bond donors (Lipinski definition) is 0. The van der Waals surface area contributed by atoms with Gasteiger partial charge in [0.1, 0.15) is 5.15 Å². The molecule has 0 N–H and O–H groups in total.